The van der Waals surface area contributed by atoms with E-state index in [2.05, 4.69) is 0 Å². The van der Waals surface area contributed by atoms with Gasteiger partial charge in [-0.25, -0.2) is 0 Å². The van der Waals surface area contributed by atoms with Crippen LogP contribution in [0.25, 0.3) is 0 Å². The second-order valence-electron chi connectivity index (χ2n) is 4.36. The molecule has 2 N–H and O–H groups in total. The van der Waals surface area contributed by atoms with Crippen LogP contribution in [-0.2, 0) is 16.1 Å². The quantitative estimate of drug-likeness (QED) is 0.703. The van der Waals surface area contributed by atoms with Gasteiger partial charge in [0.15, 0.2) is 0 Å². The molecule has 0 radical (unpaired) electrons. The summed E-state index contributed by atoms with van der Waals surface area (Å²) in [6.07, 6.45) is 1.81. The lowest BCUT2D eigenvalue weighted by molar-refractivity contribution is -0.119. The molecule has 1 atom stereocenters. The second kappa shape index (κ2) is 7.98. The minimum Gasteiger partial charge on any atom is -0.377 e. The van der Waals surface area contributed by atoms with E-state index < -0.39 is 0 Å². The third kappa shape index (κ3) is 6.87. The third-order valence-electron chi connectivity index (χ3n) is 2.41. The molecule has 0 aliphatic carbocycles. The van der Waals surface area contributed by atoms with Gasteiger partial charge in [-0.1, -0.05) is 30.3 Å². The Labute approximate surface area is 103 Å². The Hall–Kier alpha value is -1.19. The van der Waals surface area contributed by atoms with Crippen LogP contribution in [0.15, 0.2) is 30.3 Å². The maximum absolute atomic E-state index is 11.4. The molecule has 0 aliphatic rings. The van der Waals surface area contributed by atoms with E-state index >= 15 is 0 Å². The maximum atomic E-state index is 11.4. The number of ketones is 1. The highest BCUT2D eigenvalue weighted by atomic mass is 16.5. The number of Topliss-reactive ketones (excluding diaryl/α,β-unsaturated/α-hetero) is 1. The van der Waals surface area contributed by atoms with Crippen molar-refractivity contribution in [1.82, 2.24) is 0 Å². The van der Waals surface area contributed by atoms with E-state index in [1.165, 1.54) is 0 Å². The molecule has 1 aromatic rings. The molecule has 0 aromatic heterocycles. The van der Waals surface area contributed by atoms with Crippen LogP contribution in [0.3, 0.4) is 0 Å². The van der Waals surface area contributed by atoms with Gasteiger partial charge in [-0.2, -0.15) is 0 Å². The Bertz CT molecular complexity index is 322. The van der Waals surface area contributed by atoms with E-state index in [4.69, 9.17) is 10.5 Å². The summed E-state index contributed by atoms with van der Waals surface area (Å²) in [5.41, 5.74) is 6.71. The molecule has 0 saturated heterocycles. The number of hydrogen-bond donors (Lipinski definition) is 1. The average Bonchev–Trinajstić information content (AvgIpc) is 2.29. The fraction of sp³-hybridized carbons (Fsp3) is 0.500. The van der Waals surface area contributed by atoms with Crippen LogP contribution in [0, 0.1) is 0 Å². The highest BCUT2D eigenvalue weighted by molar-refractivity contribution is 5.78. The van der Waals surface area contributed by atoms with Gasteiger partial charge < -0.3 is 10.5 Å². The summed E-state index contributed by atoms with van der Waals surface area (Å²) in [7, 11) is 0. The zero-order valence-electron chi connectivity index (χ0n) is 10.4. The van der Waals surface area contributed by atoms with Crippen LogP contribution in [-0.4, -0.2) is 18.4 Å². The minimum absolute atomic E-state index is 0.0345. The number of nitrogens with two attached hydrogens (primary N) is 1. The Balaban J connectivity index is 2.03. The first-order chi connectivity index (χ1) is 8.18. The van der Waals surface area contributed by atoms with Crippen molar-refractivity contribution in [3.63, 3.8) is 0 Å². The number of carbonyl (C=O) groups excluding carboxylic acids is 1. The van der Waals surface area contributed by atoms with Crippen LogP contribution in [0.2, 0.25) is 0 Å². The molecule has 0 bridgehead atoms. The summed E-state index contributed by atoms with van der Waals surface area (Å²) in [5.74, 6) is 0.225. The standard InChI is InChI=1S/C14H21NO2/c1-12(15)10-14(16)8-5-9-17-11-13-6-3-2-4-7-13/h2-4,6-7,12H,5,8-11,15H2,1H3/t12-/m1/s1. The Morgan fingerprint density at radius 3 is 2.71 bits per heavy atom. The Morgan fingerprint density at radius 2 is 2.06 bits per heavy atom. The van der Waals surface area contributed by atoms with Gasteiger partial charge in [0, 0.05) is 25.5 Å². The number of rotatable bonds is 8. The molecular formula is C14H21NO2. The Morgan fingerprint density at radius 1 is 1.35 bits per heavy atom. The summed E-state index contributed by atoms with van der Waals surface area (Å²) in [6.45, 7) is 3.09. The topological polar surface area (TPSA) is 52.3 Å². The molecule has 0 heterocycles. The number of ether oxygens (including phenoxy) is 1. The van der Waals surface area contributed by atoms with Gasteiger partial charge in [0.2, 0.25) is 0 Å². The lowest BCUT2D eigenvalue weighted by Gasteiger charge is -2.05. The van der Waals surface area contributed by atoms with E-state index in [0.717, 1.165) is 12.0 Å². The summed E-state index contributed by atoms with van der Waals surface area (Å²) in [6, 6.07) is 9.99. The first-order valence-electron chi connectivity index (χ1n) is 6.07. The van der Waals surface area contributed by atoms with E-state index in [0.29, 0.717) is 26.1 Å². The van der Waals surface area contributed by atoms with Gasteiger partial charge in [-0.15, -0.1) is 0 Å². The van der Waals surface area contributed by atoms with Gasteiger partial charge in [0.25, 0.3) is 0 Å². The van der Waals surface area contributed by atoms with Crippen LogP contribution in [0.1, 0.15) is 31.7 Å². The van der Waals surface area contributed by atoms with E-state index in [-0.39, 0.29) is 11.8 Å². The molecule has 94 valence electrons. The SMILES string of the molecule is C[C@@H](N)CC(=O)CCCOCc1ccccc1. The summed E-state index contributed by atoms with van der Waals surface area (Å²) < 4.78 is 5.49. The first-order valence-corrected chi connectivity index (χ1v) is 6.07. The number of hydrogen-bond acceptors (Lipinski definition) is 3. The smallest absolute Gasteiger partial charge is 0.134 e. The molecular weight excluding hydrogens is 214 g/mol. The zero-order chi connectivity index (χ0) is 12.5. The molecule has 0 unspecified atom stereocenters. The molecule has 3 heteroatoms. The first kappa shape index (κ1) is 13.9. The predicted molar refractivity (Wildman–Crippen MR) is 68.6 cm³/mol. The third-order valence-corrected chi connectivity index (χ3v) is 2.41. The number of carbonyl (C=O) groups is 1. The Kier molecular flexibility index (Phi) is 6.51. The van der Waals surface area contributed by atoms with Crippen LogP contribution in [0.4, 0.5) is 0 Å². The van der Waals surface area contributed by atoms with Crippen molar-refractivity contribution >= 4 is 5.78 Å². The predicted octanol–water partition coefficient (Wildman–Crippen LogP) is 2.29. The second-order valence-corrected chi connectivity index (χ2v) is 4.36. The van der Waals surface area contributed by atoms with E-state index in [9.17, 15) is 4.79 Å². The van der Waals surface area contributed by atoms with Gasteiger partial charge in [-0.3, -0.25) is 4.79 Å². The monoisotopic (exact) mass is 235 g/mol. The highest BCUT2D eigenvalue weighted by Gasteiger charge is 2.04. The highest BCUT2D eigenvalue weighted by Crippen LogP contribution is 2.03. The van der Waals surface area contributed by atoms with Crippen molar-refractivity contribution in [1.29, 1.82) is 0 Å². The van der Waals surface area contributed by atoms with Gasteiger partial charge >= 0.3 is 0 Å². The summed E-state index contributed by atoms with van der Waals surface area (Å²) in [4.78, 5) is 11.4. The van der Waals surface area contributed by atoms with Crippen LogP contribution >= 0.6 is 0 Å². The normalized spacial score (nSPS) is 12.4. The summed E-state index contributed by atoms with van der Waals surface area (Å²) in [5, 5.41) is 0. The molecule has 1 rings (SSSR count). The number of benzene rings is 1. The van der Waals surface area contributed by atoms with Gasteiger partial charge in [0.1, 0.15) is 5.78 Å². The van der Waals surface area contributed by atoms with E-state index in [1.807, 2.05) is 37.3 Å². The molecule has 0 aliphatic heterocycles. The molecule has 0 fully saturated rings. The van der Waals surface area contributed by atoms with E-state index in [1.54, 1.807) is 0 Å². The van der Waals surface area contributed by atoms with Crippen LogP contribution in [0.5, 0.6) is 0 Å². The molecule has 0 saturated carbocycles. The van der Waals surface area contributed by atoms with Crippen molar-refractivity contribution in [3.8, 4) is 0 Å². The van der Waals surface area contributed by atoms with Gasteiger partial charge in [0.05, 0.1) is 6.61 Å². The summed E-state index contributed by atoms with van der Waals surface area (Å²) >= 11 is 0. The van der Waals surface area contributed by atoms with Crippen molar-refractivity contribution in [2.45, 2.75) is 38.8 Å². The molecule has 17 heavy (non-hydrogen) atoms. The van der Waals surface area contributed by atoms with Crippen molar-refractivity contribution in [2.75, 3.05) is 6.61 Å². The van der Waals surface area contributed by atoms with Crippen molar-refractivity contribution in [2.24, 2.45) is 5.73 Å². The maximum Gasteiger partial charge on any atom is 0.134 e. The lowest BCUT2D eigenvalue weighted by Crippen LogP contribution is -2.19. The average molecular weight is 235 g/mol. The molecule has 0 spiro atoms. The molecule has 1 aromatic carbocycles. The minimum atomic E-state index is -0.0345. The van der Waals surface area contributed by atoms with Crippen molar-refractivity contribution in [3.05, 3.63) is 35.9 Å². The lowest BCUT2D eigenvalue weighted by atomic mass is 10.1. The van der Waals surface area contributed by atoms with Crippen molar-refractivity contribution < 1.29 is 9.53 Å². The van der Waals surface area contributed by atoms with Gasteiger partial charge in [-0.05, 0) is 18.9 Å². The zero-order valence-corrected chi connectivity index (χ0v) is 10.4. The fourth-order valence-corrected chi connectivity index (χ4v) is 1.60. The van der Waals surface area contributed by atoms with Crippen LogP contribution < -0.4 is 5.73 Å². The molecule has 0 amide bonds. The largest absolute Gasteiger partial charge is 0.377 e. The molecule has 3 nitrogen and oxygen atoms in total. The fourth-order valence-electron chi connectivity index (χ4n) is 1.60.